The molecule has 21 heavy (non-hydrogen) atoms. The molecule has 0 radical (unpaired) electrons. The maximum Gasteiger partial charge on any atom is 0.0897 e. The minimum absolute atomic E-state index is 0.241. The Labute approximate surface area is 129 Å². The van der Waals surface area contributed by atoms with Gasteiger partial charge in [0.25, 0.3) is 0 Å². The van der Waals surface area contributed by atoms with Gasteiger partial charge in [0.2, 0.25) is 0 Å². The Morgan fingerprint density at radius 3 is 2.67 bits per heavy atom. The summed E-state index contributed by atoms with van der Waals surface area (Å²) in [6, 6.07) is 8.58. The third kappa shape index (κ3) is 7.60. The van der Waals surface area contributed by atoms with Crippen LogP contribution in [-0.4, -0.2) is 31.0 Å². The Hall–Kier alpha value is -0.900. The summed E-state index contributed by atoms with van der Waals surface area (Å²) in [6.45, 7) is 8.17. The zero-order valence-corrected chi connectivity index (χ0v) is 13.8. The lowest BCUT2D eigenvalue weighted by molar-refractivity contribution is 0.0343. The van der Waals surface area contributed by atoms with Gasteiger partial charge in [-0.05, 0) is 31.4 Å². The molecule has 0 amide bonds. The number of benzene rings is 1. The second-order valence-corrected chi connectivity index (χ2v) is 5.78. The van der Waals surface area contributed by atoms with Crippen molar-refractivity contribution in [1.29, 1.82) is 0 Å². The molecule has 2 N–H and O–H groups in total. The number of aryl methyl sites for hydroxylation is 1. The van der Waals surface area contributed by atoms with E-state index in [1.807, 2.05) is 6.07 Å². The van der Waals surface area contributed by atoms with Crippen molar-refractivity contribution in [3.63, 3.8) is 0 Å². The predicted octanol–water partition coefficient (Wildman–Crippen LogP) is 3.60. The van der Waals surface area contributed by atoms with Crippen molar-refractivity contribution in [2.24, 2.45) is 0 Å². The molecule has 0 aliphatic rings. The average Bonchev–Trinajstić information content (AvgIpc) is 2.49. The highest BCUT2D eigenvalue weighted by Crippen LogP contribution is 2.16. The minimum Gasteiger partial charge on any atom is -0.389 e. The molecule has 1 rings (SSSR count). The highest BCUT2D eigenvalue weighted by molar-refractivity contribution is 5.28. The number of nitrogens with one attached hydrogen (secondary N) is 1. The van der Waals surface area contributed by atoms with Gasteiger partial charge in [0, 0.05) is 19.2 Å². The summed E-state index contributed by atoms with van der Waals surface area (Å²) < 4.78 is 5.51. The fraction of sp³-hybridized carbons (Fsp3) is 0.667. The first-order valence-electron chi connectivity index (χ1n) is 8.19. The molecule has 1 aromatic rings. The molecule has 0 spiro atoms. The summed E-state index contributed by atoms with van der Waals surface area (Å²) in [5, 5.41) is 13.3. The summed E-state index contributed by atoms with van der Waals surface area (Å²) in [7, 11) is 0. The Balaban J connectivity index is 2.15. The van der Waals surface area contributed by atoms with Crippen molar-refractivity contribution in [2.75, 3.05) is 19.8 Å². The Morgan fingerprint density at radius 1 is 1.19 bits per heavy atom. The predicted molar refractivity (Wildman–Crippen MR) is 88.6 cm³/mol. The fourth-order valence-corrected chi connectivity index (χ4v) is 2.40. The van der Waals surface area contributed by atoms with Gasteiger partial charge in [-0.15, -0.1) is 0 Å². The van der Waals surface area contributed by atoms with Gasteiger partial charge in [0.15, 0.2) is 0 Å². The van der Waals surface area contributed by atoms with Gasteiger partial charge < -0.3 is 15.2 Å². The molecule has 0 aliphatic heterocycles. The van der Waals surface area contributed by atoms with Crippen molar-refractivity contribution >= 4 is 0 Å². The molecule has 0 aliphatic carbocycles. The van der Waals surface area contributed by atoms with E-state index in [0.717, 1.165) is 13.0 Å². The smallest absolute Gasteiger partial charge is 0.0897 e. The topological polar surface area (TPSA) is 41.5 Å². The first kappa shape index (κ1) is 18.1. The zero-order chi connectivity index (χ0) is 15.5. The molecular formula is C18H31NO2. The van der Waals surface area contributed by atoms with E-state index in [1.165, 1.54) is 30.4 Å². The molecule has 0 heterocycles. The molecule has 2 atom stereocenters. The Kier molecular flexibility index (Phi) is 9.31. The van der Waals surface area contributed by atoms with Crippen LogP contribution in [0.2, 0.25) is 0 Å². The van der Waals surface area contributed by atoms with E-state index in [9.17, 15) is 5.11 Å². The van der Waals surface area contributed by atoms with Gasteiger partial charge in [0.05, 0.1) is 12.7 Å². The first-order chi connectivity index (χ1) is 10.1. The molecule has 0 saturated carbocycles. The van der Waals surface area contributed by atoms with E-state index in [1.54, 1.807) is 0 Å². The number of ether oxygens (including phenoxy) is 1. The second kappa shape index (κ2) is 10.8. The molecule has 0 saturated heterocycles. The van der Waals surface area contributed by atoms with Crippen LogP contribution in [0, 0.1) is 6.92 Å². The average molecular weight is 293 g/mol. The first-order valence-corrected chi connectivity index (χ1v) is 8.19. The maximum absolute atomic E-state index is 9.93. The third-order valence-electron chi connectivity index (χ3n) is 3.77. The van der Waals surface area contributed by atoms with Crippen molar-refractivity contribution < 1.29 is 9.84 Å². The number of aliphatic hydroxyl groups is 1. The molecule has 0 aromatic heterocycles. The molecule has 1 unspecified atom stereocenters. The van der Waals surface area contributed by atoms with Crippen LogP contribution in [0.15, 0.2) is 24.3 Å². The van der Waals surface area contributed by atoms with Gasteiger partial charge >= 0.3 is 0 Å². The lowest BCUT2D eigenvalue weighted by Gasteiger charge is -2.19. The molecule has 120 valence electrons. The van der Waals surface area contributed by atoms with Crippen LogP contribution >= 0.6 is 0 Å². The van der Waals surface area contributed by atoms with Crippen molar-refractivity contribution in [2.45, 2.75) is 58.6 Å². The summed E-state index contributed by atoms with van der Waals surface area (Å²) in [4.78, 5) is 0. The van der Waals surface area contributed by atoms with E-state index < -0.39 is 6.10 Å². The summed E-state index contributed by atoms with van der Waals surface area (Å²) in [5.74, 6) is 0. The number of aliphatic hydroxyl groups excluding tert-OH is 1. The van der Waals surface area contributed by atoms with Crippen molar-refractivity contribution in [1.82, 2.24) is 5.32 Å². The van der Waals surface area contributed by atoms with Crippen LogP contribution in [0.4, 0.5) is 0 Å². The lowest BCUT2D eigenvalue weighted by Crippen LogP contribution is -2.32. The molecule has 3 nitrogen and oxygen atoms in total. The molecule has 0 bridgehead atoms. The molecular weight excluding hydrogens is 262 g/mol. The Bertz CT molecular complexity index is 381. The summed E-state index contributed by atoms with van der Waals surface area (Å²) >= 11 is 0. The van der Waals surface area contributed by atoms with Crippen LogP contribution in [0.25, 0.3) is 0 Å². The highest BCUT2D eigenvalue weighted by atomic mass is 16.5. The number of rotatable bonds is 11. The second-order valence-electron chi connectivity index (χ2n) is 5.78. The van der Waals surface area contributed by atoms with Gasteiger partial charge in [-0.2, -0.15) is 0 Å². The van der Waals surface area contributed by atoms with E-state index in [-0.39, 0.29) is 6.04 Å². The summed E-state index contributed by atoms with van der Waals surface area (Å²) in [6.07, 6.45) is 4.37. The van der Waals surface area contributed by atoms with Crippen LogP contribution in [0.3, 0.4) is 0 Å². The van der Waals surface area contributed by atoms with E-state index in [4.69, 9.17) is 4.74 Å². The van der Waals surface area contributed by atoms with Crippen LogP contribution < -0.4 is 5.32 Å². The lowest BCUT2D eigenvalue weighted by atomic mass is 10.0. The SMILES string of the molecule is CCCCCCOCC(O)CN[C@H](C)c1ccccc1C. The van der Waals surface area contributed by atoms with E-state index in [0.29, 0.717) is 13.2 Å². The largest absolute Gasteiger partial charge is 0.389 e. The van der Waals surface area contributed by atoms with Crippen LogP contribution in [-0.2, 0) is 4.74 Å². The number of hydrogen-bond donors (Lipinski definition) is 2. The van der Waals surface area contributed by atoms with Gasteiger partial charge in [-0.25, -0.2) is 0 Å². The number of unbranched alkanes of at least 4 members (excludes halogenated alkanes) is 3. The van der Waals surface area contributed by atoms with Gasteiger partial charge in [0.1, 0.15) is 0 Å². The Morgan fingerprint density at radius 2 is 1.95 bits per heavy atom. The van der Waals surface area contributed by atoms with E-state index >= 15 is 0 Å². The molecule has 0 fully saturated rings. The van der Waals surface area contributed by atoms with Crippen LogP contribution in [0.1, 0.15) is 56.7 Å². The molecule has 3 heteroatoms. The van der Waals surface area contributed by atoms with Crippen molar-refractivity contribution in [3.8, 4) is 0 Å². The van der Waals surface area contributed by atoms with Gasteiger partial charge in [-0.1, -0.05) is 50.5 Å². The standard InChI is InChI=1S/C18H31NO2/c1-4-5-6-9-12-21-14-17(20)13-19-16(3)18-11-8-7-10-15(18)2/h7-8,10-11,16-17,19-20H,4-6,9,12-14H2,1-3H3/t16-,17?/m1/s1. The van der Waals surface area contributed by atoms with Gasteiger partial charge in [-0.3, -0.25) is 0 Å². The zero-order valence-electron chi connectivity index (χ0n) is 13.8. The van der Waals surface area contributed by atoms with Crippen molar-refractivity contribution in [3.05, 3.63) is 35.4 Å². The quantitative estimate of drug-likeness (QED) is 0.613. The minimum atomic E-state index is -0.442. The maximum atomic E-state index is 9.93. The van der Waals surface area contributed by atoms with Crippen LogP contribution in [0.5, 0.6) is 0 Å². The molecule has 1 aromatic carbocycles. The monoisotopic (exact) mass is 293 g/mol. The normalized spacial score (nSPS) is 14.1. The fourth-order valence-electron chi connectivity index (χ4n) is 2.40. The number of hydrogen-bond acceptors (Lipinski definition) is 3. The van der Waals surface area contributed by atoms with E-state index in [2.05, 4.69) is 44.3 Å². The highest BCUT2D eigenvalue weighted by Gasteiger charge is 2.10. The third-order valence-corrected chi connectivity index (χ3v) is 3.77. The summed E-state index contributed by atoms with van der Waals surface area (Å²) in [5.41, 5.74) is 2.56.